The average Bonchev–Trinajstić information content (AvgIpc) is 2.92. The van der Waals surface area contributed by atoms with Crippen LogP contribution in [0.3, 0.4) is 0 Å². The highest BCUT2D eigenvalue weighted by Crippen LogP contribution is 2.26. The van der Waals surface area contributed by atoms with Crippen molar-refractivity contribution in [2.24, 2.45) is 0 Å². The minimum atomic E-state index is -0.422. The van der Waals surface area contributed by atoms with Crippen LogP contribution in [0, 0.1) is 13.8 Å². The van der Waals surface area contributed by atoms with Crippen LogP contribution < -0.4 is 5.32 Å². The Labute approximate surface area is 220 Å². The molecule has 3 aromatic rings. The van der Waals surface area contributed by atoms with Crippen LogP contribution in [0.2, 0.25) is 0 Å². The molecule has 1 saturated heterocycles. The molecule has 37 heavy (non-hydrogen) atoms. The molecule has 0 radical (unpaired) electrons. The first-order valence-electron chi connectivity index (χ1n) is 13.1. The van der Waals surface area contributed by atoms with Gasteiger partial charge < -0.3 is 15.0 Å². The van der Waals surface area contributed by atoms with Crippen molar-refractivity contribution >= 4 is 17.6 Å². The van der Waals surface area contributed by atoms with Gasteiger partial charge in [-0.15, -0.1) is 0 Å². The molecule has 3 aromatic carbocycles. The minimum absolute atomic E-state index is 0.0538. The second kappa shape index (κ2) is 13.2. The first kappa shape index (κ1) is 26.6. The molecule has 194 valence electrons. The van der Waals surface area contributed by atoms with Crippen LogP contribution in [-0.4, -0.2) is 67.6 Å². The molecule has 0 unspecified atom stereocenters. The maximum atomic E-state index is 13.1. The van der Waals surface area contributed by atoms with Crippen molar-refractivity contribution in [1.29, 1.82) is 0 Å². The van der Waals surface area contributed by atoms with E-state index in [1.165, 1.54) is 0 Å². The number of esters is 1. The van der Waals surface area contributed by atoms with E-state index < -0.39 is 5.92 Å². The lowest BCUT2D eigenvalue weighted by Crippen LogP contribution is -2.48. The first-order chi connectivity index (χ1) is 18.0. The summed E-state index contributed by atoms with van der Waals surface area (Å²) >= 11 is 0. The number of amides is 1. The normalized spacial score (nSPS) is 14.5. The van der Waals surface area contributed by atoms with E-state index in [4.69, 9.17) is 4.74 Å². The van der Waals surface area contributed by atoms with E-state index in [2.05, 4.69) is 15.1 Å². The third-order valence-electron chi connectivity index (χ3n) is 7.02. The Bertz CT molecular complexity index is 1100. The number of piperazine rings is 1. The maximum Gasteiger partial charge on any atom is 0.317 e. The molecule has 0 bridgehead atoms. The van der Waals surface area contributed by atoms with Crippen LogP contribution in [0.1, 0.15) is 34.6 Å². The summed E-state index contributed by atoms with van der Waals surface area (Å²) < 4.78 is 5.75. The maximum absolute atomic E-state index is 13.1. The van der Waals surface area contributed by atoms with Crippen LogP contribution in [-0.2, 0) is 14.3 Å². The van der Waals surface area contributed by atoms with Gasteiger partial charge in [0.05, 0.1) is 0 Å². The fourth-order valence-electron chi connectivity index (χ4n) is 4.82. The number of nitrogens with one attached hydrogen (secondary N) is 1. The number of anilines is 1. The predicted molar refractivity (Wildman–Crippen MR) is 148 cm³/mol. The SMILES string of the molecule is Cc1cccc(C)c1NC(=O)CCN1CCN(CCOC(=O)C(c2ccccc2)c2ccccc2)CC1. The fourth-order valence-corrected chi connectivity index (χ4v) is 4.82. The lowest BCUT2D eigenvalue weighted by atomic mass is 9.91. The summed E-state index contributed by atoms with van der Waals surface area (Å²) in [5.74, 6) is -0.585. The van der Waals surface area contributed by atoms with Gasteiger partial charge in [-0.05, 0) is 36.1 Å². The lowest BCUT2D eigenvalue weighted by molar-refractivity contribution is -0.145. The zero-order valence-corrected chi connectivity index (χ0v) is 21.9. The summed E-state index contributed by atoms with van der Waals surface area (Å²) in [7, 11) is 0. The molecule has 6 heteroatoms. The van der Waals surface area contributed by atoms with Gasteiger partial charge in [-0.25, -0.2) is 0 Å². The molecule has 1 heterocycles. The standard InChI is InChI=1S/C31H37N3O3/c1-24-10-9-11-25(2)30(24)32-28(35)16-17-33-18-20-34(21-19-33)22-23-37-31(36)29(26-12-5-3-6-13-26)27-14-7-4-8-15-27/h3-15,29H,16-23H2,1-2H3,(H,32,35). The van der Waals surface area contributed by atoms with E-state index in [1.807, 2.05) is 92.7 Å². The van der Waals surface area contributed by atoms with Crippen LogP contribution in [0.4, 0.5) is 5.69 Å². The largest absolute Gasteiger partial charge is 0.464 e. The first-order valence-corrected chi connectivity index (χ1v) is 13.1. The molecule has 1 aliphatic heterocycles. The number of hydrogen-bond acceptors (Lipinski definition) is 5. The number of nitrogens with zero attached hydrogens (tertiary/aromatic N) is 2. The molecule has 0 aromatic heterocycles. The van der Waals surface area contributed by atoms with E-state index >= 15 is 0 Å². The smallest absolute Gasteiger partial charge is 0.317 e. The number of carbonyl (C=O) groups is 2. The Morgan fingerprint density at radius 3 is 1.81 bits per heavy atom. The molecule has 1 fully saturated rings. The Hall–Kier alpha value is -3.48. The Kier molecular flexibility index (Phi) is 9.46. The van der Waals surface area contributed by atoms with E-state index in [9.17, 15) is 9.59 Å². The number of aryl methyl sites for hydroxylation is 2. The Balaban J connectivity index is 1.19. The van der Waals surface area contributed by atoms with Gasteiger partial charge in [0.15, 0.2) is 0 Å². The minimum Gasteiger partial charge on any atom is -0.464 e. The van der Waals surface area contributed by atoms with Gasteiger partial charge in [0, 0.05) is 51.4 Å². The van der Waals surface area contributed by atoms with Gasteiger partial charge in [-0.2, -0.15) is 0 Å². The number of hydrogen-bond donors (Lipinski definition) is 1. The van der Waals surface area contributed by atoms with E-state index in [-0.39, 0.29) is 11.9 Å². The van der Waals surface area contributed by atoms with Gasteiger partial charge in [-0.3, -0.25) is 14.5 Å². The molecule has 0 aliphatic carbocycles. The van der Waals surface area contributed by atoms with E-state index in [0.717, 1.165) is 60.7 Å². The molecular formula is C31H37N3O3. The van der Waals surface area contributed by atoms with E-state index in [0.29, 0.717) is 19.6 Å². The highest BCUT2D eigenvalue weighted by Gasteiger charge is 2.25. The van der Waals surface area contributed by atoms with Gasteiger partial charge in [0.1, 0.15) is 12.5 Å². The van der Waals surface area contributed by atoms with Crippen LogP contribution in [0.5, 0.6) is 0 Å². The number of para-hydroxylation sites is 1. The zero-order valence-electron chi connectivity index (χ0n) is 21.9. The average molecular weight is 500 g/mol. The summed E-state index contributed by atoms with van der Waals surface area (Å²) in [6.07, 6.45) is 0.478. The summed E-state index contributed by atoms with van der Waals surface area (Å²) in [5, 5.41) is 3.07. The molecule has 1 aliphatic rings. The van der Waals surface area contributed by atoms with Crippen molar-refractivity contribution in [3.63, 3.8) is 0 Å². The Morgan fingerprint density at radius 2 is 1.27 bits per heavy atom. The van der Waals surface area contributed by atoms with Gasteiger partial charge in [-0.1, -0.05) is 78.9 Å². The van der Waals surface area contributed by atoms with Crippen molar-refractivity contribution in [2.75, 3.05) is 51.2 Å². The quantitative estimate of drug-likeness (QED) is 0.413. The van der Waals surface area contributed by atoms with E-state index in [1.54, 1.807) is 0 Å². The van der Waals surface area contributed by atoms with Crippen LogP contribution in [0.25, 0.3) is 0 Å². The number of carbonyl (C=O) groups excluding carboxylic acids is 2. The fraction of sp³-hybridized carbons (Fsp3) is 0.355. The van der Waals surface area contributed by atoms with Crippen molar-refractivity contribution in [3.8, 4) is 0 Å². The van der Waals surface area contributed by atoms with Gasteiger partial charge in [0.2, 0.25) is 5.91 Å². The molecule has 4 rings (SSSR count). The molecule has 1 amide bonds. The molecule has 6 nitrogen and oxygen atoms in total. The molecular weight excluding hydrogens is 462 g/mol. The molecule has 1 N–H and O–H groups in total. The number of benzene rings is 3. The second-order valence-electron chi connectivity index (χ2n) is 9.67. The highest BCUT2D eigenvalue weighted by atomic mass is 16.5. The van der Waals surface area contributed by atoms with Crippen molar-refractivity contribution in [3.05, 3.63) is 101 Å². The number of rotatable bonds is 10. The van der Waals surface area contributed by atoms with Crippen LogP contribution in [0.15, 0.2) is 78.9 Å². The molecule has 0 spiro atoms. The van der Waals surface area contributed by atoms with Crippen molar-refractivity contribution in [2.45, 2.75) is 26.2 Å². The summed E-state index contributed by atoms with van der Waals surface area (Å²) in [4.78, 5) is 30.2. The molecule has 0 atom stereocenters. The highest BCUT2D eigenvalue weighted by molar-refractivity contribution is 5.92. The summed E-state index contributed by atoms with van der Waals surface area (Å²) in [6, 6.07) is 25.6. The monoisotopic (exact) mass is 499 g/mol. The van der Waals surface area contributed by atoms with Crippen molar-refractivity contribution < 1.29 is 14.3 Å². The third-order valence-corrected chi connectivity index (χ3v) is 7.02. The van der Waals surface area contributed by atoms with Crippen molar-refractivity contribution in [1.82, 2.24) is 9.80 Å². The van der Waals surface area contributed by atoms with Crippen LogP contribution >= 0.6 is 0 Å². The predicted octanol–water partition coefficient (Wildman–Crippen LogP) is 4.62. The topological polar surface area (TPSA) is 61.9 Å². The van der Waals surface area contributed by atoms with Gasteiger partial charge in [0.25, 0.3) is 0 Å². The number of ether oxygens (including phenoxy) is 1. The second-order valence-corrected chi connectivity index (χ2v) is 9.67. The summed E-state index contributed by atoms with van der Waals surface area (Å²) in [5.41, 5.74) is 4.97. The summed E-state index contributed by atoms with van der Waals surface area (Å²) in [6.45, 7) is 9.47. The third kappa shape index (κ3) is 7.51. The zero-order chi connectivity index (χ0) is 26.0. The van der Waals surface area contributed by atoms with Gasteiger partial charge >= 0.3 is 5.97 Å². The Morgan fingerprint density at radius 1 is 0.757 bits per heavy atom. The molecule has 0 saturated carbocycles. The lowest BCUT2D eigenvalue weighted by Gasteiger charge is -2.34.